The predicted molar refractivity (Wildman–Crippen MR) is 70.0 cm³/mol. The highest BCUT2D eigenvalue weighted by Crippen LogP contribution is 2.36. The number of hydrogen-bond donors (Lipinski definition) is 1. The van der Waals surface area contributed by atoms with Crippen LogP contribution in [0.2, 0.25) is 0 Å². The van der Waals surface area contributed by atoms with E-state index in [1.807, 2.05) is 13.1 Å². The van der Waals surface area contributed by atoms with Crippen LogP contribution in [0.25, 0.3) is 0 Å². The second-order valence-electron chi connectivity index (χ2n) is 4.62. The van der Waals surface area contributed by atoms with Crippen molar-refractivity contribution in [2.24, 2.45) is 0 Å². The Kier molecular flexibility index (Phi) is 2.84. The Labute approximate surface area is 107 Å². The van der Waals surface area contributed by atoms with Gasteiger partial charge in [-0.2, -0.15) is 0 Å². The first-order chi connectivity index (χ1) is 8.81. The second-order valence-corrected chi connectivity index (χ2v) is 4.62. The van der Waals surface area contributed by atoms with Gasteiger partial charge in [0.25, 0.3) is 0 Å². The number of nitrogens with one attached hydrogen (secondary N) is 1. The highest BCUT2D eigenvalue weighted by molar-refractivity contribution is 5.48. The average Bonchev–Trinajstić information content (AvgIpc) is 3.00. The summed E-state index contributed by atoms with van der Waals surface area (Å²) < 4.78 is 11.4. The highest BCUT2D eigenvalue weighted by atomic mass is 16.5. The third-order valence-corrected chi connectivity index (χ3v) is 3.51. The summed E-state index contributed by atoms with van der Waals surface area (Å²) in [6, 6.07) is 8.36. The van der Waals surface area contributed by atoms with Crippen LogP contribution in [0.3, 0.4) is 0 Å². The fourth-order valence-electron chi connectivity index (χ4n) is 2.58. The maximum absolute atomic E-state index is 5.77. The fourth-order valence-corrected chi connectivity index (χ4v) is 2.58. The van der Waals surface area contributed by atoms with Crippen molar-refractivity contribution < 1.29 is 9.15 Å². The van der Waals surface area contributed by atoms with Gasteiger partial charge in [0.2, 0.25) is 0 Å². The normalized spacial score (nSPS) is 15.2. The number of rotatable bonds is 3. The first kappa shape index (κ1) is 11.4. The Hall–Kier alpha value is -1.74. The molecule has 2 aromatic rings. The quantitative estimate of drug-likeness (QED) is 0.900. The Morgan fingerprint density at radius 2 is 2.17 bits per heavy atom. The highest BCUT2D eigenvalue weighted by Gasteiger charge is 2.25. The van der Waals surface area contributed by atoms with Crippen molar-refractivity contribution >= 4 is 0 Å². The van der Waals surface area contributed by atoms with Crippen molar-refractivity contribution in [3.8, 4) is 5.75 Å². The number of benzene rings is 1. The third kappa shape index (κ3) is 1.71. The van der Waals surface area contributed by atoms with Crippen LogP contribution in [0, 0.1) is 6.92 Å². The SMILES string of the molecule is CNC(c1cccc2c1OCC2)c1occc1C. The van der Waals surface area contributed by atoms with Crippen LogP contribution < -0.4 is 10.1 Å². The van der Waals surface area contributed by atoms with Crippen molar-refractivity contribution in [3.63, 3.8) is 0 Å². The molecule has 3 rings (SSSR count). The lowest BCUT2D eigenvalue weighted by Gasteiger charge is -2.18. The summed E-state index contributed by atoms with van der Waals surface area (Å²) in [4.78, 5) is 0. The fraction of sp³-hybridized carbons (Fsp3) is 0.333. The van der Waals surface area contributed by atoms with Crippen molar-refractivity contribution in [3.05, 3.63) is 53.0 Å². The molecule has 18 heavy (non-hydrogen) atoms. The van der Waals surface area contributed by atoms with Crippen LogP contribution in [0.5, 0.6) is 5.75 Å². The van der Waals surface area contributed by atoms with Crippen molar-refractivity contribution in [2.45, 2.75) is 19.4 Å². The molecule has 0 aliphatic carbocycles. The van der Waals surface area contributed by atoms with E-state index in [2.05, 4.69) is 30.4 Å². The lowest BCUT2D eigenvalue weighted by molar-refractivity contribution is 0.348. The molecule has 1 aliphatic rings. The van der Waals surface area contributed by atoms with Crippen molar-refractivity contribution in [1.29, 1.82) is 0 Å². The molecule has 1 aliphatic heterocycles. The number of para-hydroxylation sites is 1. The van der Waals surface area contributed by atoms with E-state index in [-0.39, 0.29) is 6.04 Å². The summed E-state index contributed by atoms with van der Waals surface area (Å²) in [5.74, 6) is 1.98. The van der Waals surface area contributed by atoms with Crippen LogP contribution in [0.4, 0.5) is 0 Å². The summed E-state index contributed by atoms with van der Waals surface area (Å²) in [6.45, 7) is 2.84. The predicted octanol–water partition coefficient (Wildman–Crippen LogP) is 2.83. The molecule has 1 aromatic carbocycles. The van der Waals surface area contributed by atoms with E-state index in [4.69, 9.17) is 9.15 Å². The first-order valence-electron chi connectivity index (χ1n) is 6.27. The van der Waals surface area contributed by atoms with Gasteiger partial charge >= 0.3 is 0 Å². The summed E-state index contributed by atoms with van der Waals surface area (Å²) >= 11 is 0. The molecule has 0 bridgehead atoms. The first-order valence-corrected chi connectivity index (χ1v) is 6.27. The number of fused-ring (bicyclic) bond motifs is 1. The lowest BCUT2D eigenvalue weighted by Crippen LogP contribution is -2.18. The van der Waals surface area contributed by atoms with Gasteiger partial charge in [-0.1, -0.05) is 18.2 Å². The smallest absolute Gasteiger partial charge is 0.128 e. The van der Waals surface area contributed by atoms with Gasteiger partial charge in [-0.05, 0) is 31.2 Å². The van der Waals surface area contributed by atoms with Gasteiger partial charge in [0.05, 0.1) is 18.9 Å². The molecule has 0 fully saturated rings. The lowest BCUT2D eigenvalue weighted by atomic mass is 9.98. The topological polar surface area (TPSA) is 34.4 Å². The van der Waals surface area contributed by atoms with Crippen LogP contribution in [-0.2, 0) is 6.42 Å². The second kappa shape index (κ2) is 4.50. The molecular weight excluding hydrogens is 226 g/mol. The molecule has 1 unspecified atom stereocenters. The van der Waals surface area contributed by atoms with Gasteiger partial charge in [-0.25, -0.2) is 0 Å². The Balaban J connectivity index is 2.08. The zero-order valence-corrected chi connectivity index (χ0v) is 10.7. The van der Waals surface area contributed by atoms with Crippen LogP contribution >= 0.6 is 0 Å². The molecule has 0 radical (unpaired) electrons. The third-order valence-electron chi connectivity index (χ3n) is 3.51. The van der Waals surface area contributed by atoms with E-state index < -0.39 is 0 Å². The number of furan rings is 1. The molecule has 1 atom stereocenters. The Morgan fingerprint density at radius 1 is 1.28 bits per heavy atom. The molecule has 3 nitrogen and oxygen atoms in total. The maximum atomic E-state index is 5.77. The van der Waals surface area contributed by atoms with E-state index in [1.165, 1.54) is 5.56 Å². The number of aryl methyl sites for hydroxylation is 1. The molecule has 0 saturated heterocycles. The summed E-state index contributed by atoms with van der Waals surface area (Å²) in [5, 5.41) is 3.32. The van der Waals surface area contributed by atoms with E-state index in [1.54, 1.807) is 6.26 Å². The number of hydrogen-bond acceptors (Lipinski definition) is 3. The summed E-state index contributed by atoms with van der Waals surface area (Å²) in [7, 11) is 1.95. The molecule has 3 heteroatoms. The van der Waals surface area contributed by atoms with Gasteiger partial charge in [0.1, 0.15) is 11.5 Å². The van der Waals surface area contributed by atoms with Gasteiger partial charge < -0.3 is 14.5 Å². The summed E-state index contributed by atoms with van der Waals surface area (Å²) in [6.07, 6.45) is 2.73. The van der Waals surface area contributed by atoms with Gasteiger partial charge in [0, 0.05) is 12.0 Å². The molecule has 94 valence electrons. The minimum absolute atomic E-state index is 0.0491. The Morgan fingerprint density at radius 3 is 2.89 bits per heavy atom. The van der Waals surface area contributed by atoms with E-state index in [0.717, 1.165) is 35.7 Å². The van der Waals surface area contributed by atoms with Gasteiger partial charge in [-0.15, -0.1) is 0 Å². The zero-order chi connectivity index (χ0) is 12.5. The monoisotopic (exact) mass is 243 g/mol. The maximum Gasteiger partial charge on any atom is 0.128 e. The minimum atomic E-state index is 0.0491. The Bertz CT molecular complexity index is 559. The van der Waals surface area contributed by atoms with E-state index in [0.29, 0.717) is 0 Å². The molecule has 1 N–H and O–H groups in total. The molecule has 1 aromatic heterocycles. The van der Waals surface area contributed by atoms with E-state index in [9.17, 15) is 0 Å². The molecule has 0 amide bonds. The van der Waals surface area contributed by atoms with Gasteiger partial charge in [-0.3, -0.25) is 0 Å². The zero-order valence-electron chi connectivity index (χ0n) is 10.7. The molecule has 0 saturated carbocycles. The van der Waals surface area contributed by atoms with Crippen LogP contribution in [0.1, 0.15) is 28.5 Å². The largest absolute Gasteiger partial charge is 0.493 e. The molecular formula is C15H17NO2. The average molecular weight is 243 g/mol. The molecule has 0 spiro atoms. The molecule has 2 heterocycles. The van der Waals surface area contributed by atoms with Crippen molar-refractivity contribution in [2.75, 3.05) is 13.7 Å². The standard InChI is InChI=1S/C15H17NO2/c1-10-6-8-17-14(10)13(16-2)12-5-3-4-11-7-9-18-15(11)12/h3-6,8,13,16H,7,9H2,1-2H3. The van der Waals surface area contributed by atoms with Crippen LogP contribution in [0.15, 0.2) is 34.9 Å². The van der Waals surface area contributed by atoms with Gasteiger partial charge in [0.15, 0.2) is 0 Å². The number of ether oxygens (including phenoxy) is 1. The van der Waals surface area contributed by atoms with E-state index >= 15 is 0 Å². The van der Waals surface area contributed by atoms with Crippen molar-refractivity contribution in [1.82, 2.24) is 5.32 Å². The van der Waals surface area contributed by atoms with Crippen LogP contribution in [-0.4, -0.2) is 13.7 Å². The summed E-state index contributed by atoms with van der Waals surface area (Å²) in [5.41, 5.74) is 3.60. The minimum Gasteiger partial charge on any atom is -0.493 e.